The average molecular weight is 1190 g/mol. The maximum absolute atomic E-state index is 15.6. The number of hydrogen-bond donors (Lipinski definition) is 3. The van der Waals surface area contributed by atoms with Gasteiger partial charge in [-0.15, -0.1) is 0 Å². The van der Waals surface area contributed by atoms with Gasteiger partial charge in [0.05, 0.1) is 33.9 Å². The molecule has 78 heavy (non-hydrogen) atoms. The van der Waals surface area contributed by atoms with E-state index in [-0.39, 0.29) is 36.9 Å². The standard InChI is InChI=1S/C45H41ClF10N7O12PS2/c1-42(2,77(3,70)71)13-12-25-8-9-26(27-10-11-30(46)36-38(27)62(20-43(49,50)51)60-41(36)63(78(4,72)73)33(65)6-5-7-34(66)74-21-75-76(67,68)69)37(57-25)31(16-22-14-23(47)17-24(48)15-22)58-32(64)19-61-40-35(39(59-61)45(54,55)56)28-18-29(28)44(40,52)53/h8-11,14-15,17,28-29,31H,5-7,16,18-21H2,1-4H3,(H,58,64)(H2,67,68,69)/t28-,29+,31-/m0/s1. The number of halogens is 11. The SMILES string of the molecule is CC(C)(C#Cc1ccc(-c2ccc(Cl)c3c(N(C(=O)CCCC(=O)OCOP(=O)(O)O)S(C)(=O)=O)nn(CC(F)(F)F)c23)c([C@H](Cc2cc(F)cc(F)c2)NC(=O)Cn2nc(C(F)(F)F)c3c2C(F)(F)[C@@H]2C[C@H]32)n1)S(C)(=O)=O. The highest BCUT2D eigenvalue weighted by Crippen LogP contribution is 2.68. The number of nitrogens with zero attached hydrogens (tertiary/aromatic N) is 6. The summed E-state index contributed by atoms with van der Waals surface area (Å²) in [5.41, 5.74) is -6.34. The molecular formula is C45H41ClF10N7O12PS2. The number of sulfone groups is 1. The van der Waals surface area contributed by atoms with E-state index in [0.29, 0.717) is 12.3 Å². The Hall–Kier alpha value is -6.16. The van der Waals surface area contributed by atoms with Crippen molar-refractivity contribution in [2.45, 2.75) is 94.0 Å². The van der Waals surface area contributed by atoms with Gasteiger partial charge in [-0.25, -0.2) is 39.7 Å². The molecule has 0 spiro atoms. The second kappa shape index (κ2) is 21.1. The predicted molar refractivity (Wildman–Crippen MR) is 253 cm³/mol. The molecule has 2 aliphatic carbocycles. The Morgan fingerprint density at radius 1 is 0.962 bits per heavy atom. The number of aromatic nitrogens is 5. The molecule has 2 aromatic carbocycles. The number of carbonyl (C=O) groups excluding carboxylic acids is 3. The number of amides is 2. The number of alkyl halides is 8. The van der Waals surface area contributed by atoms with Gasteiger partial charge in [0.25, 0.3) is 5.92 Å². The highest BCUT2D eigenvalue weighted by atomic mass is 35.5. The van der Waals surface area contributed by atoms with Crippen LogP contribution < -0.4 is 9.62 Å². The van der Waals surface area contributed by atoms with Gasteiger partial charge < -0.3 is 19.8 Å². The Kier molecular flexibility index (Phi) is 16.1. The van der Waals surface area contributed by atoms with E-state index in [4.69, 9.17) is 21.4 Å². The molecule has 2 amide bonds. The topological polar surface area (TPSA) is 259 Å². The molecule has 0 radical (unpaired) electrons. The molecule has 2 aliphatic rings. The van der Waals surface area contributed by atoms with Crippen molar-refractivity contribution in [3.05, 3.63) is 93.0 Å². The summed E-state index contributed by atoms with van der Waals surface area (Å²) in [4.78, 5) is 62.3. The monoisotopic (exact) mass is 1190 g/mol. The van der Waals surface area contributed by atoms with Gasteiger partial charge in [-0.3, -0.25) is 23.7 Å². The Morgan fingerprint density at radius 3 is 2.19 bits per heavy atom. The molecule has 7 rings (SSSR count). The van der Waals surface area contributed by atoms with Crippen molar-refractivity contribution in [2.24, 2.45) is 5.92 Å². The van der Waals surface area contributed by atoms with Gasteiger partial charge >= 0.3 is 26.1 Å². The fourth-order valence-corrected chi connectivity index (χ4v) is 10.1. The van der Waals surface area contributed by atoms with Crippen molar-refractivity contribution in [3.8, 4) is 23.0 Å². The quantitative estimate of drug-likeness (QED) is 0.0254. The first kappa shape index (κ1) is 59.5. The molecule has 19 nitrogen and oxygen atoms in total. The Bertz CT molecular complexity index is 3590. The first-order chi connectivity index (χ1) is 35.8. The summed E-state index contributed by atoms with van der Waals surface area (Å²) in [6, 6.07) is 4.41. The normalized spacial score (nSPS) is 16.7. The van der Waals surface area contributed by atoms with Gasteiger partial charge in [-0.1, -0.05) is 23.6 Å². The third kappa shape index (κ3) is 13.1. The number of sulfonamides is 1. The fourth-order valence-electron chi connectivity index (χ4n) is 8.58. The molecule has 3 aromatic heterocycles. The molecular weight excluding hydrogens is 1150 g/mol. The maximum atomic E-state index is 15.6. The predicted octanol–water partition coefficient (Wildman–Crippen LogP) is 7.36. The first-order valence-electron chi connectivity index (χ1n) is 22.5. The first-order valence-corrected chi connectivity index (χ1v) is 28.1. The molecule has 0 unspecified atom stereocenters. The summed E-state index contributed by atoms with van der Waals surface area (Å²) in [5, 5.41) is 8.42. The van der Waals surface area contributed by atoms with Crippen LogP contribution in [0.25, 0.3) is 22.0 Å². The molecule has 33 heteroatoms. The van der Waals surface area contributed by atoms with E-state index in [1.165, 1.54) is 13.8 Å². The van der Waals surface area contributed by atoms with Crippen molar-refractivity contribution < 1.29 is 98.7 Å². The van der Waals surface area contributed by atoms with E-state index in [9.17, 15) is 70.9 Å². The van der Waals surface area contributed by atoms with Crippen LogP contribution in [0.4, 0.5) is 49.7 Å². The molecule has 5 aromatic rings. The number of anilines is 1. The number of ether oxygens (including phenoxy) is 1. The van der Waals surface area contributed by atoms with Crippen molar-refractivity contribution in [1.82, 2.24) is 29.9 Å². The molecule has 1 saturated carbocycles. The molecule has 0 bridgehead atoms. The average Bonchev–Trinajstić information content (AvgIpc) is 4.02. The number of phosphoric acid groups is 1. The van der Waals surface area contributed by atoms with E-state index < -0.39 is 194 Å². The fraction of sp³-hybridized carbons (Fsp3) is 0.422. The van der Waals surface area contributed by atoms with Crippen LogP contribution in [-0.4, -0.2) is 99.2 Å². The van der Waals surface area contributed by atoms with Gasteiger partial charge in [0.2, 0.25) is 28.6 Å². The summed E-state index contributed by atoms with van der Waals surface area (Å²) in [5.74, 6) is -8.97. The molecule has 3 heterocycles. The third-order valence-electron chi connectivity index (χ3n) is 12.3. The van der Waals surface area contributed by atoms with Crippen LogP contribution in [0.1, 0.15) is 85.4 Å². The van der Waals surface area contributed by atoms with Crippen molar-refractivity contribution in [3.63, 3.8) is 0 Å². The van der Waals surface area contributed by atoms with Crippen LogP contribution in [0.5, 0.6) is 0 Å². The van der Waals surface area contributed by atoms with E-state index >= 15 is 8.78 Å². The van der Waals surface area contributed by atoms with E-state index in [1.54, 1.807) is 0 Å². The number of carbonyl (C=O) groups is 3. The van der Waals surface area contributed by atoms with E-state index in [2.05, 4.69) is 41.6 Å². The summed E-state index contributed by atoms with van der Waals surface area (Å²) in [6.45, 7) is -2.20. The summed E-state index contributed by atoms with van der Waals surface area (Å²) in [6.07, 6.45) is -12.3. The van der Waals surface area contributed by atoms with Crippen molar-refractivity contribution >= 4 is 73.8 Å². The smallest absolute Gasteiger partial charge is 0.438 e. The van der Waals surface area contributed by atoms with Crippen molar-refractivity contribution in [1.29, 1.82) is 0 Å². The number of benzene rings is 2. The number of rotatable bonds is 18. The zero-order valence-corrected chi connectivity index (χ0v) is 43.8. The Labute approximate surface area is 440 Å². The summed E-state index contributed by atoms with van der Waals surface area (Å²) in [7, 11) is -13.9. The number of nitrogens with one attached hydrogen (secondary N) is 1. The minimum atomic E-state index is -5.26. The number of hydrogen-bond acceptors (Lipinski definition) is 13. The minimum Gasteiger partial charge on any atom is -0.438 e. The lowest BCUT2D eigenvalue weighted by Crippen LogP contribution is -2.36. The lowest BCUT2D eigenvalue weighted by Gasteiger charge is -2.23. The molecule has 3 N–H and O–H groups in total. The summed E-state index contributed by atoms with van der Waals surface area (Å²) < 4.78 is 218. The number of esters is 1. The van der Waals surface area contributed by atoms with Gasteiger partial charge in [0, 0.05) is 47.8 Å². The minimum absolute atomic E-state index is 0.0216. The Balaban J connectivity index is 1.42. The number of pyridine rings is 1. The van der Waals surface area contributed by atoms with Crippen molar-refractivity contribution in [2.75, 3.05) is 23.6 Å². The van der Waals surface area contributed by atoms with Crippen LogP contribution in [0.2, 0.25) is 5.02 Å². The molecule has 0 aliphatic heterocycles. The van der Waals surface area contributed by atoms with Crippen LogP contribution >= 0.6 is 19.4 Å². The highest BCUT2D eigenvalue weighted by molar-refractivity contribution is 7.93. The lowest BCUT2D eigenvalue weighted by molar-refractivity contribution is -0.151. The van der Waals surface area contributed by atoms with E-state index in [1.807, 2.05) is 0 Å². The molecule has 1 fully saturated rings. The highest BCUT2D eigenvalue weighted by Gasteiger charge is 2.68. The van der Waals surface area contributed by atoms with Crippen LogP contribution in [0, 0.1) is 29.4 Å². The van der Waals surface area contributed by atoms with Crippen LogP contribution in [0.3, 0.4) is 0 Å². The third-order valence-corrected chi connectivity index (χ3v) is 16.0. The van der Waals surface area contributed by atoms with Crippen LogP contribution in [-0.2, 0) is 79.7 Å². The molecule has 3 atom stereocenters. The lowest BCUT2D eigenvalue weighted by atomic mass is 9.93. The largest absolute Gasteiger partial charge is 0.472 e. The Morgan fingerprint density at radius 2 is 1.60 bits per heavy atom. The number of fused-ring (bicyclic) bond motifs is 4. The van der Waals surface area contributed by atoms with Gasteiger partial charge in [0.15, 0.2) is 21.3 Å². The zero-order valence-electron chi connectivity index (χ0n) is 40.5. The zero-order chi connectivity index (χ0) is 58.0. The van der Waals surface area contributed by atoms with Crippen LogP contribution in [0.15, 0.2) is 42.5 Å². The van der Waals surface area contributed by atoms with Gasteiger partial charge in [0.1, 0.15) is 40.9 Å². The van der Waals surface area contributed by atoms with Gasteiger partial charge in [-0.05, 0) is 80.8 Å². The van der Waals surface area contributed by atoms with Gasteiger partial charge in [-0.2, -0.15) is 49.6 Å². The second-order valence-corrected chi connectivity index (χ2v) is 24.6. The molecule has 422 valence electrons. The number of phosphoric ester groups is 1. The van der Waals surface area contributed by atoms with E-state index in [0.717, 1.165) is 42.7 Å². The second-order valence-electron chi connectivity index (χ2n) is 18.5. The maximum Gasteiger partial charge on any atom is 0.472 e. The summed E-state index contributed by atoms with van der Waals surface area (Å²) >= 11 is 6.63. The molecule has 0 saturated heterocycles.